The van der Waals surface area contributed by atoms with Crippen LogP contribution in [0, 0.1) is 0 Å². The van der Waals surface area contributed by atoms with Crippen LogP contribution < -0.4 is 11.5 Å². The minimum atomic E-state index is -0.253. The standard InChI is InChI=1S/C8H13N3O.ClH/c9-7(5-12)3-6-4-11-2-1-8(6)10;/h1-2,4,7,12H,3,5,9H2,(H2,10,11);1H. The molecule has 0 fully saturated rings. The summed E-state index contributed by atoms with van der Waals surface area (Å²) < 4.78 is 0. The molecule has 1 heterocycles. The van der Waals surface area contributed by atoms with Gasteiger partial charge in [-0.05, 0) is 18.1 Å². The lowest BCUT2D eigenvalue weighted by Crippen LogP contribution is -2.27. The molecule has 13 heavy (non-hydrogen) atoms. The summed E-state index contributed by atoms with van der Waals surface area (Å²) in [5.41, 5.74) is 12.7. The predicted molar refractivity (Wildman–Crippen MR) is 54.7 cm³/mol. The highest BCUT2D eigenvalue weighted by Gasteiger charge is 2.04. The summed E-state index contributed by atoms with van der Waals surface area (Å²) in [5.74, 6) is 0. The summed E-state index contributed by atoms with van der Waals surface area (Å²) in [5, 5.41) is 8.70. The average molecular weight is 204 g/mol. The number of aliphatic hydroxyl groups is 1. The number of pyridine rings is 1. The van der Waals surface area contributed by atoms with Gasteiger partial charge in [0.1, 0.15) is 0 Å². The minimum absolute atomic E-state index is 0. The Morgan fingerprint density at radius 3 is 2.77 bits per heavy atom. The molecule has 0 saturated heterocycles. The van der Waals surface area contributed by atoms with E-state index in [1.54, 1.807) is 18.5 Å². The lowest BCUT2D eigenvalue weighted by Gasteiger charge is -2.08. The maximum Gasteiger partial charge on any atom is 0.0585 e. The molecule has 0 amide bonds. The van der Waals surface area contributed by atoms with Crippen LogP contribution >= 0.6 is 12.4 Å². The van der Waals surface area contributed by atoms with Crippen molar-refractivity contribution in [2.45, 2.75) is 12.5 Å². The molecular formula is C8H14ClN3O. The third-order valence-corrected chi connectivity index (χ3v) is 1.66. The first-order valence-corrected chi connectivity index (χ1v) is 3.79. The molecule has 1 unspecified atom stereocenters. The Morgan fingerprint density at radius 1 is 1.54 bits per heavy atom. The first kappa shape index (κ1) is 12.2. The summed E-state index contributed by atoms with van der Waals surface area (Å²) in [6.07, 6.45) is 3.87. The largest absolute Gasteiger partial charge is 0.398 e. The van der Waals surface area contributed by atoms with Crippen molar-refractivity contribution in [2.24, 2.45) is 5.73 Å². The van der Waals surface area contributed by atoms with Gasteiger partial charge in [0.2, 0.25) is 0 Å². The van der Waals surface area contributed by atoms with Gasteiger partial charge in [0, 0.05) is 24.1 Å². The second-order valence-corrected chi connectivity index (χ2v) is 2.72. The van der Waals surface area contributed by atoms with Crippen LogP contribution in [0.5, 0.6) is 0 Å². The topological polar surface area (TPSA) is 85.2 Å². The molecule has 1 aromatic heterocycles. The third kappa shape index (κ3) is 3.59. The van der Waals surface area contributed by atoms with Crippen LogP contribution in [0.3, 0.4) is 0 Å². The highest BCUT2D eigenvalue weighted by molar-refractivity contribution is 5.85. The van der Waals surface area contributed by atoms with Gasteiger partial charge in [0.05, 0.1) is 6.61 Å². The monoisotopic (exact) mass is 203 g/mol. The van der Waals surface area contributed by atoms with Crippen LogP contribution in [0.2, 0.25) is 0 Å². The number of hydrogen-bond donors (Lipinski definition) is 3. The average Bonchev–Trinajstić information content (AvgIpc) is 2.09. The van der Waals surface area contributed by atoms with E-state index < -0.39 is 0 Å². The highest BCUT2D eigenvalue weighted by atomic mass is 35.5. The number of nitrogens with zero attached hydrogens (tertiary/aromatic N) is 1. The maximum absolute atomic E-state index is 8.70. The second-order valence-electron chi connectivity index (χ2n) is 2.72. The van der Waals surface area contributed by atoms with Crippen LogP contribution in [0.25, 0.3) is 0 Å². The fraction of sp³-hybridized carbons (Fsp3) is 0.375. The van der Waals surface area contributed by atoms with Crippen molar-refractivity contribution >= 4 is 18.1 Å². The molecule has 0 bridgehead atoms. The van der Waals surface area contributed by atoms with Crippen molar-refractivity contribution < 1.29 is 5.11 Å². The summed E-state index contributed by atoms with van der Waals surface area (Å²) in [6.45, 7) is -0.0334. The van der Waals surface area contributed by atoms with E-state index in [9.17, 15) is 0 Å². The molecule has 4 nitrogen and oxygen atoms in total. The Labute approximate surface area is 83.4 Å². The molecule has 5 N–H and O–H groups in total. The quantitative estimate of drug-likeness (QED) is 0.643. The van der Waals surface area contributed by atoms with E-state index in [0.717, 1.165) is 5.56 Å². The summed E-state index contributed by atoms with van der Waals surface area (Å²) in [7, 11) is 0. The van der Waals surface area contributed by atoms with Crippen LogP contribution in [-0.2, 0) is 6.42 Å². The molecule has 0 aliphatic carbocycles. The smallest absolute Gasteiger partial charge is 0.0585 e. The maximum atomic E-state index is 8.70. The number of hydrogen-bond acceptors (Lipinski definition) is 4. The molecule has 1 aromatic rings. The first-order chi connectivity index (χ1) is 5.74. The lowest BCUT2D eigenvalue weighted by atomic mass is 10.1. The fourth-order valence-corrected chi connectivity index (χ4v) is 0.955. The number of halogens is 1. The SMILES string of the molecule is Cl.Nc1ccncc1CC(N)CO. The third-order valence-electron chi connectivity index (χ3n) is 1.66. The van der Waals surface area contributed by atoms with Gasteiger partial charge in [-0.2, -0.15) is 0 Å². The van der Waals surface area contributed by atoms with Gasteiger partial charge in [0.15, 0.2) is 0 Å². The van der Waals surface area contributed by atoms with Crippen molar-refractivity contribution in [1.82, 2.24) is 4.98 Å². The van der Waals surface area contributed by atoms with Gasteiger partial charge in [-0.15, -0.1) is 12.4 Å². The van der Waals surface area contributed by atoms with E-state index in [1.165, 1.54) is 0 Å². The van der Waals surface area contributed by atoms with Gasteiger partial charge in [-0.1, -0.05) is 0 Å². The summed E-state index contributed by atoms with van der Waals surface area (Å²) in [4.78, 5) is 3.92. The molecule has 0 aliphatic rings. The fourth-order valence-electron chi connectivity index (χ4n) is 0.955. The Hall–Kier alpha value is -0.840. The zero-order chi connectivity index (χ0) is 8.97. The van der Waals surface area contributed by atoms with Crippen LogP contribution in [0.1, 0.15) is 5.56 Å². The van der Waals surface area contributed by atoms with Crippen molar-refractivity contribution in [3.63, 3.8) is 0 Å². The highest BCUT2D eigenvalue weighted by Crippen LogP contribution is 2.09. The van der Waals surface area contributed by atoms with E-state index in [1.807, 2.05) is 0 Å². The molecule has 0 saturated carbocycles. The molecular weight excluding hydrogens is 190 g/mol. The van der Waals surface area contributed by atoms with Crippen molar-refractivity contribution in [1.29, 1.82) is 0 Å². The molecule has 0 aromatic carbocycles. The molecule has 0 radical (unpaired) electrons. The van der Waals surface area contributed by atoms with Crippen molar-refractivity contribution in [3.05, 3.63) is 24.0 Å². The van der Waals surface area contributed by atoms with E-state index in [2.05, 4.69) is 4.98 Å². The van der Waals surface area contributed by atoms with Gasteiger partial charge in [-0.25, -0.2) is 0 Å². The zero-order valence-electron chi connectivity index (χ0n) is 7.18. The number of aromatic nitrogens is 1. The second kappa shape index (κ2) is 5.75. The van der Waals surface area contributed by atoms with Gasteiger partial charge in [-0.3, -0.25) is 4.98 Å². The molecule has 0 aliphatic heterocycles. The Morgan fingerprint density at radius 2 is 2.23 bits per heavy atom. The normalized spacial score (nSPS) is 11.8. The van der Waals surface area contributed by atoms with E-state index in [-0.39, 0.29) is 25.1 Å². The molecule has 1 rings (SSSR count). The summed E-state index contributed by atoms with van der Waals surface area (Å²) in [6, 6.07) is 1.47. The lowest BCUT2D eigenvalue weighted by molar-refractivity contribution is 0.265. The predicted octanol–water partition coefficient (Wildman–Crippen LogP) is -0.0523. The van der Waals surface area contributed by atoms with Crippen molar-refractivity contribution in [2.75, 3.05) is 12.3 Å². The Bertz CT molecular complexity index is 257. The van der Waals surface area contributed by atoms with Crippen LogP contribution in [0.15, 0.2) is 18.5 Å². The van der Waals surface area contributed by atoms with E-state index in [0.29, 0.717) is 12.1 Å². The molecule has 5 heteroatoms. The number of nitrogen functional groups attached to an aromatic ring is 1. The number of aliphatic hydroxyl groups excluding tert-OH is 1. The van der Waals surface area contributed by atoms with E-state index >= 15 is 0 Å². The summed E-state index contributed by atoms with van der Waals surface area (Å²) >= 11 is 0. The van der Waals surface area contributed by atoms with E-state index in [4.69, 9.17) is 16.6 Å². The first-order valence-electron chi connectivity index (χ1n) is 3.79. The van der Waals surface area contributed by atoms with Crippen molar-refractivity contribution in [3.8, 4) is 0 Å². The van der Waals surface area contributed by atoms with Gasteiger partial charge in [0.25, 0.3) is 0 Å². The Kier molecular flexibility index (Phi) is 5.37. The molecule has 74 valence electrons. The molecule has 1 atom stereocenters. The van der Waals surface area contributed by atoms with Gasteiger partial charge >= 0.3 is 0 Å². The molecule has 0 spiro atoms. The van der Waals surface area contributed by atoms with Crippen LogP contribution in [-0.4, -0.2) is 22.7 Å². The zero-order valence-corrected chi connectivity index (χ0v) is 8.00. The Balaban J connectivity index is 0.00000144. The minimum Gasteiger partial charge on any atom is -0.398 e. The number of rotatable bonds is 3. The number of nitrogens with two attached hydrogens (primary N) is 2. The van der Waals surface area contributed by atoms with Crippen LogP contribution in [0.4, 0.5) is 5.69 Å². The number of anilines is 1. The van der Waals surface area contributed by atoms with Gasteiger partial charge < -0.3 is 16.6 Å².